The zero-order valence-electron chi connectivity index (χ0n) is 14.0. The maximum atomic E-state index is 6.36. The fraction of sp³-hybridized carbons (Fsp3) is 0.556. The number of nitrogens with zero attached hydrogens (tertiary/aromatic N) is 2. The van der Waals surface area contributed by atoms with Gasteiger partial charge in [0.1, 0.15) is 5.75 Å². The molecule has 0 radical (unpaired) electrons. The molecule has 2 aliphatic rings. The van der Waals surface area contributed by atoms with Crippen LogP contribution >= 0.6 is 12.4 Å². The number of hydrogen-bond acceptors (Lipinski definition) is 5. The molecule has 2 aliphatic carbocycles. The van der Waals surface area contributed by atoms with Crippen LogP contribution in [0.5, 0.6) is 5.75 Å². The third-order valence-electron chi connectivity index (χ3n) is 5.61. The first-order chi connectivity index (χ1) is 11.2. The van der Waals surface area contributed by atoms with Crippen molar-refractivity contribution < 1.29 is 9.26 Å². The molecule has 130 valence electrons. The molecule has 6 heteroatoms. The molecule has 2 fully saturated rings. The van der Waals surface area contributed by atoms with E-state index in [0.717, 1.165) is 43.7 Å². The third-order valence-corrected chi connectivity index (χ3v) is 5.61. The Morgan fingerprint density at radius 3 is 2.50 bits per heavy atom. The summed E-state index contributed by atoms with van der Waals surface area (Å²) in [5.74, 6) is 2.26. The van der Waals surface area contributed by atoms with Gasteiger partial charge < -0.3 is 15.0 Å². The van der Waals surface area contributed by atoms with Gasteiger partial charge in [0.15, 0.2) is 5.82 Å². The van der Waals surface area contributed by atoms with Gasteiger partial charge in [0.25, 0.3) is 0 Å². The first kappa shape index (κ1) is 17.2. The third kappa shape index (κ3) is 2.60. The summed E-state index contributed by atoms with van der Waals surface area (Å²) in [6.45, 7) is 0. The van der Waals surface area contributed by atoms with Crippen molar-refractivity contribution in [1.29, 1.82) is 0 Å². The van der Waals surface area contributed by atoms with Gasteiger partial charge in [0, 0.05) is 0 Å². The van der Waals surface area contributed by atoms with Gasteiger partial charge in [-0.05, 0) is 49.8 Å². The fourth-order valence-electron chi connectivity index (χ4n) is 3.93. The van der Waals surface area contributed by atoms with E-state index < -0.39 is 0 Å². The van der Waals surface area contributed by atoms with Crippen molar-refractivity contribution in [3.8, 4) is 5.75 Å². The van der Waals surface area contributed by atoms with Gasteiger partial charge in [0.2, 0.25) is 5.89 Å². The highest BCUT2D eigenvalue weighted by atomic mass is 35.5. The van der Waals surface area contributed by atoms with Crippen molar-refractivity contribution in [3.63, 3.8) is 0 Å². The molecule has 0 aliphatic heterocycles. The molecule has 4 rings (SSSR count). The Bertz CT molecular complexity index is 706. The molecular formula is C18H24ClN3O2. The molecule has 0 spiro atoms. The summed E-state index contributed by atoms with van der Waals surface area (Å²) in [4.78, 5) is 4.75. The van der Waals surface area contributed by atoms with Crippen molar-refractivity contribution in [2.24, 2.45) is 5.73 Å². The maximum Gasteiger partial charge on any atom is 0.237 e. The van der Waals surface area contributed by atoms with E-state index in [2.05, 4.69) is 17.3 Å². The van der Waals surface area contributed by atoms with Crippen molar-refractivity contribution in [1.82, 2.24) is 10.1 Å². The zero-order valence-corrected chi connectivity index (χ0v) is 14.8. The summed E-state index contributed by atoms with van der Waals surface area (Å²) in [5.41, 5.74) is 6.98. The molecule has 2 N–H and O–H groups in total. The number of hydrogen-bond donors (Lipinski definition) is 1. The Kier molecular flexibility index (Phi) is 4.58. The summed E-state index contributed by atoms with van der Waals surface area (Å²) in [7, 11) is 1.69. The van der Waals surface area contributed by atoms with Crippen LogP contribution in [0.25, 0.3) is 0 Å². The van der Waals surface area contributed by atoms with Gasteiger partial charge in [0.05, 0.1) is 18.1 Å². The smallest absolute Gasteiger partial charge is 0.237 e. The monoisotopic (exact) mass is 349 g/mol. The van der Waals surface area contributed by atoms with Gasteiger partial charge in [-0.15, -0.1) is 12.4 Å². The van der Waals surface area contributed by atoms with Gasteiger partial charge in [-0.25, -0.2) is 0 Å². The molecule has 0 amide bonds. The largest absolute Gasteiger partial charge is 0.497 e. The van der Waals surface area contributed by atoms with E-state index in [1.165, 1.54) is 18.4 Å². The van der Waals surface area contributed by atoms with Crippen LogP contribution in [0.3, 0.4) is 0 Å². The summed E-state index contributed by atoms with van der Waals surface area (Å²) in [5, 5.41) is 4.23. The lowest BCUT2D eigenvalue weighted by atomic mass is 9.76. The highest BCUT2D eigenvalue weighted by Gasteiger charge is 2.45. The predicted molar refractivity (Wildman–Crippen MR) is 93.5 cm³/mol. The Balaban J connectivity index is 0.00000169. The molecule has 1 aromatic heterocycles. The van der Waals surface area contributed by atoms with Crippen LogP contribution < -0.4 is 10.5 Å². The predicted octanol–water partition coefficient (Wildman–Crippen LogP) is 3.70. The van der Waals surface area contributed by atoms with Crippen LogP contribution in [0.4, 0.5) is 0 Å². The minimum absolute atomic E-state index is 0. The Morgan fingerprint density at radius 1 is 1.12 bits per heavy atom. The number of methoxy groups -OCH3 is 1. The van der Waals surface area contributed by atoms with E-state index in [9.17, 15) is 0 Å². The average molecular weight is 350 g/mol. The molecule has 1 heterocycles. The van der Waals surface area contributed by atoms with Gasteiger partial charge in [-0.1, -0.05) is 30.1 Å². The number of ether oxygens (including phenoxy) is 1. The van der Waals surface area contributed by atoms with Crippen LogP contribution in [0.15, 0.2) is 28.8 Å². The minimum Gasteiger partial charge on any atom is -0.497 e. The Hall–Kier alpha value is -1.59. The molecule has 5 nitrogen and oxygen atoms in total. The molecule has 1 aromatic carbocycles. The number of benzene rings is 1. The van der Waals surface area contributed by atoms with E-state index in [-0.39, 0.29) is 23.4 Å². The number of halogens is 1. The summed E-state index contributed by atoms with van der Waals surface area (Å²) >= 11 is 0. The van der Waals surface area contributed by atoms with E-state index >= 15 is 0 Å². The Morgan fingerprint density at radius 2 is 1.88 bits per heavy atom. The number of nitrogens with two attached hydrogens (primary N) is 1. The van der Waals surface area contributed by atoms with E-state index in [0.29, 0.717) is 5.82 Å². The molecule has 0 bridgehead atoms. The van der Waals surface area contributed by atoms with Gasteiger partial charge in [-0.3, -0.25) is 0 Å². The molecule has 0 unspecified atom stereocenters. The van der Waals surface area contributed by atoms with Crippen molar-refractivity contribution in [3.05, 3.63) is 41.5 Å². The summed E-state index contributed by atoms with van der Waals surface area (Å²) in [6.07, 6.45) is 7.42. The molecular weight excluding hydrogens is 326 g/mol. The van der Waals surface area contributed by atoms with Crippen LogP contribution in [0.1, 0.15) is 62.2 Å². The standard InChI is InChI=1S/C18H23N3O2.ClH/c1-22-14-7-4-6-13(12-14)17(8-2-3-9-17)16-20-15(21-23-16)18(19)10-5-11-18;/h4,6-7,12H,2-3,5,8-11,19H2,1H3;1H. The maximum absolute atomic E-state index is 6.36. The second-order valence-electron chi connectivity index (χ2n) is 6.95. The molecule has 0 saturated heterocycles. The molecule has 2 aromatic rings. The number of rotatable bonds is 4. The second-order valence-corrected chi connectivity index (χ2v) is 6.95. The van der Waals surface area contributed by atoms with Gasteiger partial charge >= 0.3 is 0 Å². The molecule has 2 saturated carbocycles. The topological polar surface area (TPSA) is 74.2 Å². The highest BCUT2D eigenvalue weighted by Crippen LogP contribution is 2.47. The minimum atomic E-state index is -0.379. The second kappa shape index (κ2) is 6.37. The van der Waals surface area contributed by atoms with Crippen molar-refractivity contribution in [2.45, 2.75) is 55.9 Å². The summed E-state index contributed by atoms with van der Waals surface area (Å²) < 4.78 is 11.1. The molecule has 0 atom stereocenters. The zero-order chi connectivity index (χ0) is 15.9. The number of aromatic nitrogens is 2. The van der Waals surface area contributed by atoms with Crippen LogP contribution in [0.2, 0.25) is 0 Å². The van der Waals surface area contributed by atoms with E-state index in [1.54, 1.807) is 7.11 Å². The van der Waals surface area contributed by atoms with Crippen LogP contribution in [-0.2, 0) is 11.0 Å². The summed E-state index contributed by atoms with van der Waals surface area (Å²) in [6, 6.07) is 8.23. The first-order valence-corrected chi connectivity index (χ1v) is 8.44. The van der Waals surface area contributed by atoms with Crippen molar-refractivity contribution >= 4 is 12.4 Å². The lowest BCUT2D eigenvalue weighted by molar-refractivity contribution is 0.227. The van der Waals surface area contributed by atoms with Crippen LogP contribution in [-0.4, -0.2) is 17.3 Å². The lowest BCUT2D eigenvalue weighted by Gasteiger charge is -2.34. The van der Waals surface area contributed by atoms with E-state index in [1.807, 2.05) is 12.1 Å². The van der Waals surface area contributed by atoms with Crippen LogP contribution in [0, 0.1) is 0 Å². The Labute approximate surface area is 148 Å². The van der Waals surface area contributed by atoms with Crippen molar-refractivity contribution in [2.75, 3.05) is 7.11 Å². The molecule has 24 heavy (non-hydrogen) atoms. The lowest BCUT2D eigenvalue weighted by Crippen LogP contribution is -2.44. The first-order valence-electron chi connectivity index (χ1n) is 8.44. The van der Waals surface area contributed by atoms with E-state index in [4.69, 9.17) is 20.0 Å². The highest BCUT2D eigenvalue weighted by molar-refractivity contribution is 5.85. The quantitative estimate of drug-likeness (QED) is 0.910. The fourth-order valence-corrected chi connectivity index (χ4v) is 3.93. The SMILES string of the molecule is COc1cccc(C2(c3nc(C4(N)CCC4)no3)CCCC2)c1.Cl. The average Bonchev–Trinajstić information content (AvgIpc) is 3.22. The normalized spacial score (nSPS) is 20.9. The van der Waals surface area contributed by atoms with Gasteiger partial charge in [-0.2, -0.15) is 4.98 Å².